The van der Waals surface area contributed by atoms with Crippen molar-refractivity contribution in [1.82, 2.24) is 26.0 Å². The lowest BCUT2D eigenvalue weighted by Crippen LogP contribution is -2.62. The fraction of sp³-hybridized carbons (Fsp3) is 0.958. The highest BCUT2D eigenvalue weighted by Crippen LogP contribution is 2.39. The van der Waals surface area contributed by atoms with Crippen molar-refractivity contribution in [2.45, 2.75) is 76.7 Å². The van der Waals surface area contributed by atoms with Gasteiger partial charge in [-0.15, -0.1) is 0 Å². The van der Waals surface area contributed by atoms with E-state index in [1.807, 2.05) is 0 Å². The van der Waals surface area contributed by atoms with Gasteiger partial charge in [-0.25, -0.2) is 5.01 Å². The minimum atomic E-state index is 0.0587. The molecule has 1 aliphatic carbocycles. The Morgan fingerprint density at radius 3 is 2.84 bits per heavy atom. The second-order valence-electron chi connectivity index (χ2n) is 11.0. The molecule has 7 unspecified atom stereocenters. The van der Waals surface area contributed by atoms with E-state index in [-0.39, 0.29) is 24.0 Å². The van der Waals surface area contributed by atoms with Crippen molar-refractivity contribution in [3.63, 3.8) is 0 Å². The maximum absolute atomic E-state index is 13.4. The normalized spacial score (nSPS) is 38.4. The molecule has 3 aliphatic heterocycles. The fourth-order valence-electron chi connectivity index (χ4n) is 6.64. The van der Waals surface area contributed by atoms with Crippen LogP contribution in [0, 0.1) is 23.7 Å². The van der Waals surface area contributed by atoms with Gasteiger partial charge in [0.1, 0.15) is 0 Å². The van der Waals surface area contributed by atoms with Gasteiger partial charge in [-0.2, -0.15) is 0 Å². The number of amides is 1. The zero-order valence-corrected chi connectivity index (χ0v) is 20.4. The summed E-state index contributed by atoms with van der Waals surface area (Å²) in [5.74, 6) is 1.98. The van der Waals surface area contributed by atoms with Crippen LogP contribution in [0.3, 0.4) is 0 Å². The summed E-state index contributed by atoms with van der Waals surface area (Å²) in [6, 6.07) is 0.977. The number of hydrogen-bond acceptors (Lipinski definition) is 7. The predicted molar refractivity (Wildman–Crippen MR) is 127 cm³/mol. The van der Waals surface area contributed by atoms with Crippen LogP contribution in [-0.4, -0.2) is 86.5 Å². The van der Waals surface area contributed by atoms with Gasteiger partial charge in [-0.3, -0.25) is 15.5 Å². The van der Waals surface area contributed by atoms with E-state index in [0.29, 0.717) is 30.5 Å². The van der Waals surface area contributed by atoms with Gasteiger partial charge in [0.05, 0.1) is 18.8 Å². The van der Waals surface area contributed by atoms with Crippen molar-refractivity contribution in [2.24, 2.45) is 29.4 Å². The number of nitrogens with zero attached hydrogens (tertiary/aromatic N) is 2. The monoisotopic (exact) mass is 450 g/mol. The lowest BCUT2D eigenvalue weighted by atomic mass is 9.71. The molecule has 0 spiro atoms. The van der Waals surface area contributed by atoms with Crippen LogP contribution >= 0.6 is 0 Å². The molecule has 1 saturated carbocycles. The summed E-state index contributed by atoms with van der Waals surface area (Å²) in [5.41, 5.74) is 9.36. The fourth-order valence-corrected chi connectivity index (χ4v) is 6.64. The number of piperidine rings is 1. The molecule has 0 bridgehead atoms. The van der Waals surface area contributed by atoms with Gasteiger partial charge in [0, 0.05) is 56.7 Å². The van der Waals surface area contributed by atoms with Crippen LogP contribution in [0.1, 0.15) is 52.4 Å². The molecule has 5 N–H and O–H groups in total. The van der Waals surface area contributed by atoms with Gasteiger partial charge in [0.2, 0.25) is 5.91 Å². The van der Waals surface area contributed by atoms with E-state index in [1.165, 1.54) is 25.7 Å². The van der Waals surface area contributed by atoms with Gasteiger partial charge < -0.3 is 20.7 Å². The molecule has 7 atom stereocenters. The largest absolute Gasteiger partial charge is 0.379 e. The Hall–Kier alpha value is -0.770. The molecule has 32 heavy (non-hydrogen) atoms. The number of fused-ring (bicyclic) bond motifs is 1. The van der Waals surface area contributed by atoms with Gasteiger partial charge in [0.15, 0.2) is 0 Å². The minimum Gasteiger partial charge on any atom is -0.379 e. The smallest absolute Gasteiger partial charge is 0.223 e. The second kappa shape index (κ2) is 11.1. The van der Waals surface area contributed by atoms with Crippen LogP contribution < -0.4 is 21.8 Å². The first-order valence-corrected chi connectivity index (χ1v) is 13.0. The third-order valence-electron chi connectivity index (χ3n) is 8.27. The zero-order valence-electron chi connectivity index (χ0n) is 20.4. The first-order chi connectivity index (χ1) is 15.5. The molecule has 3 heterocycles. The summed E-state index contributed by atoms with van der Waals surface area (Å²) >= 11 is 0. The first-order valence-electron chi connectivity index (χ1n) is 13.0. The molecular formula is C24H46N6O2. The average molecular weight is 451 g/mol. The number of rotatable bonds is 8. The number of hydrogen-bond donors (Lipinski definition) is 4. The number of carbonyl (C=O) groups is 1. The molecule has 4 fully saturated rings. The van der Waals surface area contributed by atoms with E-state index in [9.17, 15) is 4.79 Å². The summed E-state index contributed by atoms with van der Waals surface area (Å²) in [6.45, 7) is 9.58. The number of hydrazine groups is 1. The number of nitrogens with one attached hydrogen (secondary N) is 3. The maximum atomic E-state index is 13.4. The topological polar surface area (TPSA) is 94.9 Å². The minimum absolute atomic E-state index is 0.0587. The third kappa shape index (κ3) is 5.65. The number of ether oxygens (including phenoxy) is 1. The van der Waals surface area contributed by atoms with Crippen molar-refractivity contribution < 1.29 is 9.53 Å². The molecule has 0 aromatic heterocycles. The first kappa shape index (κ1) is 24.4. The standard InChI is InChI=1S/C24H46N6O2/c1-16(2)30-23-21(13-26-30)20(24(31)27-19-7-10-32-15-19)12-22(28-23)18-6-4-5-17(11-18)14-29(3)9-8-25/h16-23,26,28H,4-15,25H2,1-3H3,(H,27,31). The lowest BCUT2D eigenvalue weighted by Gasteiger charge is -2.46. The van der Waals surface area contributed by atoms with E-state index in [2.05, 4.69) is 46.9 Å². The number of carbonyl (C=O) groups excluding carboxylic acids is 1. The Morgan fingerprint density at radius 1 is 1.28 bits per heavy atom. The molecule has 0 aromatic carbocycles. The van der Waals surface area contributed by atoms with Crippen molar-refractivity contribution in [3.05, 3.63) is 0 Å². The Morgan fingerprint density at radius 2 is 2.12 bits per heavy atom. The van der Waals surface area contributed by atoms with E-state index in [1.54, 1.807) is 0 Å². The van der Waals surface area contributed by atoms with Gasteiger partial charge in [0.25, 0.3) is 0 Å². The van der Waals surface area contributed by atoms with E-state index >= 15 is 0 Å². The van der Waals surface area contributed by atoms with Crippen LogP contribution in [0.4, 0.5) is 0 Å². The molecule has 8 heteroatoms. The van der Waals surface area contributed by atoms with Crippen LogP contribution in [-0.2, 0) is 9.53 Å². The Bertz CT molecular complexity index is 613. The van der Waals surface area contributed by atoms with Gasteiger partial charge in [-0.05, 0) is 64.8 Å². The molecule has 1 amide bonds. The Kier molecular flexibility index (Phi) is 8.45. The molecule has 0 aromatic rings. The van der Waals surface area contributed by atoms with Crippen LogP contribution in [0.2, 0.25) is 0 Å². The highest BCUT2D eigenvalue weighted by molar-refractivity contribution is 5.79. The molecular weight excluding hydrogens is 404 g/mol. The van der Waals surface area contributed by atoms with Crippen molar-refractivity contribution in [2.75, 3.05) is 46.4 Å². The predicted octanol–water partition coefficient (Wildman–Crippen LogP) is 0.737. The van der Waals surface area contributed by atoms with Crippen molar-refractivity contribution in [3.8, 4) is 0 Å². The highest BCUT2D eigenvalue weighted by Gasteiger charge is 2.49. The Balaban J connectivity index is 1.44. The Labute approximate surface area is 194 Å². The quantitative estimate of drug-likeness (QED) is 0.433. The van der Waals surface area contributed by atoms with Crippen LogP contribution in [0.25, 0.3) is 0 Å². The average Bonchev–Trinajstić information content (AvgIpc) is 3.43. The molecule has 184 valence electrons. The molecule has 0 radical (unpaired) electrons. The lowest BCUT2D eigenvalue weighted by molar-refractivity contribution is -0.130. The van der Waals surface area contributed by atoms with Gasteiger partial charge in [-0.1, -0.05) is 6.42 Å². The summed E-state index contributed by atoms with van der Waals surface area (Å²) in [6.07, 6.45) is 7.24. The number of likely N-dealkylation sites (N-methyl/N-ethyl adjacent to an activating group) is 1. The molecule has 8 nitrogen and oxygen atoms in total. The molecule has 4 rings (SSSR count). The summed E-state index contributed by atoms with van der Waals surface area (Å²) in [7, 11) is 2.19. The van der Waals surface area contributed by atoms with E-state index in [4.69, 9.17) is 10.5 Å². The SMILES string of the molecule is CC(C)N1NCC2C(C(=O)NC3CCOC3)CC(C3CCCC(CN(C)CCN)C3)NC21. The van der Waals surface area contributed by atoms with Gasteiger partial charge >= 0.3 is 0 Å². The third-order valence-corrected chi connectivity index (χ3v) is 8.27. The van der Waals surface area contributed by atoms with Crippen molar-refractivity contribution >= 4 is 5.91 Å². The molecule has 3 saturated heterocycles. The maximum Gasteiger partial charge on any atom is 0.223 e. The van der Waals surface area contributed by atoms with Crippen LogP contribution in [0.15, 0.2) is 0 Å². The summed E-state index contributed by atoms with van der Waals surface area (Å²) < 4.78 is 5.50. The zero-order chi connectivity index (χ0) is 22.7. The summed E-state index contributed by atoms with van der Waals surface area (Å²) in [4.78, 5) is 15.8. The highest BCUT2D eigenvalue weighted by atomic mass is 16.5. The number of nitrogens with two attached hydrogens (primary N) is 1. The van der Waals surface area contributed by atoms with E-state index < -0.39 is 0 Å². The molecule has 4 aliphatic rings. The van der Waals surface area contributed by atoms with Crippen LogP contribution in [0.5, 0.6) is 0 Å². The van der Waals surface area contributed by atoms with E-state index in [0.717, 1.165) is 51.5 Å². The van der Waals surface area contributed by atoms with Crippen molar-refractivity contribution in [1.29, 1.82) is 0 Å². The summed E-state index contributed by atoms with van der Waals surface area (Å²) in [5, 5.41) is 9.69. The second-order valence-corrected chi connectivity index (χ2v) is 11.0.